The van der Waals surface area contributed by atoms with Crippen LogP contribution in [0.5, 0.6) is 0 Å². The minimum atomic E-state index is 0. The normalized spacial score (nSPS) is 8.17. The molecule has 0 fully saturated rings. The van der Waals surface area contributed by atoms with Crippen LogP contribution in [0.1, 0.15) is 5.56 Å². The van der Waals surface area contributed by atoms with Gasteiger partial charge >= 0.3 is 0 Å². The monoisotopic (exact) mass is 360 g/mol. The number of hydrogen-bond acceptors (Lipinski definition) is 2. The van der Waals surface area contributed by atoms with Gasteiger partial charge in [-0.15, -0.1) is 34.0 Å². The zero-order chi connectivity index (χ0) is 7.40. The van der Waals surface area contributed by atoms with E-state index in [1.54, 1.807) is 0 Å². The molecule has 0 aromatic carbocycles. The number of hydrogen-bond donors (Lipinski definition) is 1. The number of pyridine rings is 1. The Kier molecular flexibility index (Phi) is 10.2. The molecule has 12 heavy (non-hydrogen) atoms. The Bertz CT molecular complexity index is 200. The van der Waals surface area contributed by atoms with Crippen LogP contribution in [0.2, 0.25) is 0 Å². The van der Waals surface area contributed by atoms with E-state index in [1.165, 1.54) is 5.56 Å². The van der Waals surface area contributed by atoms with Crippen molar-refractivity contribution in [3.63, 3.8) is 0 Å². The van der Waals surface area contributed by atoms with Crippen LogP contribution in [-0.2, 0) is 6.42 Å². The second-order valence-electron chi connectivity index (χ2n) is 2.03. The first kappa shape index (κ1) is 15.0. The van der Waals surface area contributed by atoms with Gasteiger partial charge in [-0.25, -0.2) is 4.98 Å². The summed E-state index contributed by atoms with van der Waals surface area (Å²) in [6.07, 6.45) is 2.73. The van der Waals surface area contributed by atoms with Crippen LogP contribution in [0.15, 0.2) is 22.9 Å². The lowest BCUT2D eigenvalue weighted by Crippen LogP contribution is -2.02. The Labute approximate surface area is 102 Å². The highest BCUT2D eigenvalue weighted by atomic mass is 79.9. The summed E-state index contributed by atoms with van der Waals surface area (Å²) < 4.78 is 0.869. The maximum Gasteiger partial charge on any atom is 0.106 e. The van der Waals surface area contributed by atoms with E-state index in [9.17, 15) is 0 Å². The highest BCUT2D eigenvalue weighted by Crippen LogP contribution is 2.05. The molecule has 0 unspecified atom stereocenters. The van der Waals surface area contributed by atoms with Gasteiger partial charge in [0.1, 0.15) is 4.60 Å². The molecule has 2 nitrogen and oxygen atoms in total. The molecule has 1 aromatic rings. The van der Waals surface area contributed by atoms with Crippen LogP contribution >= 0.6 is 49.9 Å². The predicted molar refractivity (Wildman–Crippen MR) is 65.3 cm³/mol. The first-order valence-corrected chi connectivity index (χ1v) is 3.92. The Morgan fingerprint density at radius 2 is 2.00 bits per heavy atom. The number of halogens is 3. The van der Waals surface area contributed by atoms with Gasteiger partial charge in [-0.3, -0.25) is 0 Å². The van der Waals surface area contributed by atoms with E-state index in [0.717, 1.165) is 11.0 Å². The molecule has 0 amide bonds. The number of nitrogens with zero attached hydrogens (tertiary/aromatic N) is 1. The Balaban J connectivity index is 0. The molecule has 2 N–H and O–H groups in total. The highest BCUT2D eigenvalue weighted by Gasteiger charge is 1.90. The van der Waals surface area contributed by atoms with Gasteiger partial charge in [0.15, 0.2) is 0 Å². The number of rotatable bonds is 2. The van der Waals surface area contributed by atoms with E-state index in [4.69, 9.17) is 5.73 Å². The van der Waals surface area contributed by atoms with Crippen molar-refractivity contribution in [2.45, 2.75) is 6.42 Å². The molecule has 0 radical (unpaired) electrons. The van der Waals surface area contributed by atoms with Gasteiger partial charge in [0.25, 0.3) is 0 Å². The zero-order valence-electron chi connectivity index (χ0n) is 6.37. The van der Waals surface area contributed by atoms with Gasteiger partial charge in [0.05, 0.1) is 0 Å². The smallest absolute Gasteiger partial charge is 0.106 e. The van der Waals surface area contributed by atoms with Crippen molar-refractivity contribution >= 4 is 49.9 Å². The Morgan fingerprint density at radius 1 is 1.33 bits per heavy atom. The van der Waals surface area contributed by atoms with Crippen molar-refractivity contribution in [3.05, 3.63) is 28.5 Å². The molecule has 0 aliphatic carbocycles. The van der Waals surface area contributed by atoms with Gasteiger partial charge in [-0.1, -0.05) is 6.07 Å². The molecule has 1 aromatic heterocycles. The van der Waals surface area contributed by atoms with Crippen molar-refractivity contribution < 1.29 is 0 Å². The van der Waals surface area contributed by atoms with Crippen molar-refractivity contribution in [1.82, 2.24) is 4.98 Å². The second kappa shape index (κ2) is 8.16. The Morgan fingerprint density at radius 3 is 2.42 bits per heavy atom. The van der Waals surface area contributed by atoms with Crippen molar-refractivity contribution in [3.8, 4) is 0 Å². The molecular weight excluding hydrogens is 352 g/mol. The van der Waals surface area contributed by atoms with E-state index in [-0.39, 0.29) is 34.0 Å². The maximum absolute atomic E-state index is 5.36. The summed E-state index contributed by atoms with van der Waals surface area (Å²) >= 11 is 3.25. The van der Waals surface area contributed by atoms with Gasteiger partial charge < -0.3 is 5.73 Å². The second-order valence-corrected chi connectivity index (χ2v) is 2.84. The fourth-order valence-electron chi connectivity index (χ4n) is 0.721. The SMILES string of the molecule is Br.Br.NCCc1ccc(Br)nc1. The molecule has 5 heteroatoms. The topological polar surface area (TPSA) is 38.9 Å². The molecular formula is C7H11Br3N2. The maximum atomic E-state index is 5.36. The largest absolute Gasteiger partial charge is 0.330 e. The minimum Gasteiger partial charge on any atom is -0.330 e. The van der Waals surface area contributed by atoms with E-state index in [0.29, 0.717) is 6.54 Å². The zero-order valence-corrected chi connectivity index (χ0v) is 11.4. The third kappa shape index (κ3) is 5.24. The molecule has 0 atom stereocenters. The molecule has 70 valence electrons. The van der Waals surface area contributed by atoms with Crippen LogP contribution < -0.4 is 5.73 Å². The first-order valence-electron chi connectivity index (χ1n) is 3.13. The average molecular weight is 363 g/mol. The Hall–Kier alpha value is 0.550. The van der Waals surface area contributed by atoms with Crippen molar-refractivity contribution in [2.24, 2.45) is 5.73 Å². The molecule has 0 saturated carbocycles. The lowest BCUT2D eigenvalue weighted by atomic mass is 10.2. The van der Waals surface area contributed by atoms with Gasteiger partial charge in [-0.05, 0) is 40.5 Å². The summed E-state index contributed by atoms with van der Waals surface area (Å²) in [6.45, 7) is 0.684. The van der Waals surface area contributed by atoms with E-state index >= 15 is 0 Å². The number of aromatic nitrogens is 1. The summed E-state index contributed by atoms with van der Waals surface area (Å²) in [5.74, 6) is 0. The molecule has 0 saturated heterocycles. The summed E-state index contributed by atoms with van der Waals surface area (Å²) in [7, 11) is 0. The van der Waals surface area contributed by atoms with E-state index < -0.39 is 0 Å². The molecule has 1 heterocycles. The van der Waals surface area contributed by atoms with Crippen molar-refractivity contribution in [2.75, 3.05) is 6.54 Å². The van der Waals surface area contributed by atoms with E-state index in [1.807, 2.05) is 18.3 Å². The molecule has 0 bridgehead atoms. The quantitative estimate of drug-likeness (QED) is 0.821. The van der Waals surface area contributed by atoms with Gasteiger partial charge in [0.2, 0.25) is 0 Å². The molecule has 0 aliphatic rings. The fourth-order valence-corrected chi connectivity index (χ4v) is 0.956. The lowest BCUT2D eigenvalue weighted by molar-refractivity contribution is 0.956. The molecule has 1 rings (SSSR count). The highest BCUT2D eigenvalue weighted by molar-refractivity contribution is 9.10. The minimum absolute atomic E-state index is 0. The van der Waals surface area contributed by atoms with E-state index in [2.05, 4.69) is 20.9 Å². The van der Waals surface area contributed by atoms with Gasteiger partial charge in [0, 0.05) is 6.20 Å². The first-order chi connectivity index (χ1) is 4.83. The van der Waals surface area contributed by atoms with Gasteiger partial charge in [-0.2, -0.15) is 0 Å². The molecule has 0 aliphatic heterocycles. The fraction of sp³-hybridized carbons (Fsp3) is 0.286. The van der Waals surface area contributed by atoms with Crippen LogP contribution in [-0.4, -0.2) is 11.5 Å². The summed E-state index contributed by atoms with van der Waals surface area (Å²) in [4.78, 5) is 4.06. The predicted octanol–water partition coefficient (Wildman–Crippen LogP) is 2.50. The lowest BCUT2D eigenvalue weighted by Gasteiger charge is -1.95. The average Bonchev–Trinajstić information content (AvgIpc) is 1.95. The third-order valence-electron chi connectivity index (χ3n) is 1.22. The molecule has 0 spiro atoms. The van der Waals surface area contributed by atoms with Crippen LogP contribution in [0, 0.1) is 0 Å². The standard InChI is InChI=1S/C7H9BrN2.2BrH/c8-7-2-1-6(3-4-9)5-10-7;;/h1-2,5H,3-4,9H2;2*1H. The summed E-state index contributed by atoms with van der Waals surface area (Å²) in [6, 6.07) is 3.94. The third-order valence-corrected chi connectivity index (χ3v) is 1.69. The van der Waals surface area contributed by atoms with Crippen LogP contribution in [0.3, 0.4) is 0 Å². The van der Waals surface area contributed by atoms with Crippen LogP contribution in [0.25, 0.3) is 0 Å². The summed E-state index contributed by atoms with van der Waals surface area (Å²) in [5, 5.41) is 0. The summed E-state index contributed by atoms with van der Waals surface area (Å²) in [5.41, 5.74) is 6.54. The van der Waals surface area contributed by atoms with Crippen molar-refractivity contribution in [1.29, 1.82) is 0 Å². The number of nitrogens with two attached hydrogens (primary N) is 1. The van der Waals surface area contributed by atoms with Crippen LogP contribution in [0.4, 0.5) is 0 Å².